The molecule has 0 fully saturated rings. The van der Waals surface area contributed by atoms with Crippen LogP contribution in [0, 0.1) is 6.92 Å². The van der Waals surface area contributed by atoms with E-state index < -0.39 is 13.0 Å². The first-order valence-corrected chi connectivity index (χ1v) is 10.3. The molecule has 7 nitrogen and oxygen atoms in total. The topological polar surface area (TPSA) is 65.9 Å². The van der Waals surface area contributed by atoms with Crippen LogP contribution in [-0.2, 0) is 13.1 Å². The van der Waals surface area contributed by atoms with E-state index in [9.17, 15) is 8.78 Å². The predicted octanol–water partition coefficient (Wildman–Crippen LogP) is 4.66. The van der Waals surface area contributed by atoms with Crippen molar-refractivity contribution >= 4 is 5.95 Å². The van der Waals surface area contributed by atoms with Crippen LogP contribution in [0.1, 0.15) is 16.8 Å². The summed E-state index contributed by atoms with van der Waals surface area (Å²) in [7, 11) is 4.65. The molecule has 0 radical (unpaired) electrons. The summed E-state index contributed by atoms with van der Waals surface area (Å²) >= 11 is 0. The number of nitrogens with zero attached hydrogens (tertiary/aromatic N) is 3. The van der Waals surface area contributed by atoms with Crippen molar-refractivity contribution in [3.8, 4) is 23.1 Å². The zero-order valence-corrected chi connectivity index (χ0v) is 19.0. The molecule has 0 spiro atoms. The van der Waals surface area contributed by atoms with Gasteiger partial charge in [-0.25, -0.2) is 13.8 Å². The molecule has 176 valence electrons. The van der Waals surface area contributed by atoms with E-state index in [-0.39, 0.29) is 11.6 Å². The Balaban J connectivity index is 1.94. The summed E-state index contributed by atoms with van der Waals surface area (Å²) in [6.45, 7) is 1.90. The summed E-state index contributed by atoms with van der Waals surface area (Å²) in [5.41, 5.74) is 2.44. The van der Waals surface area contributed by atoms with E-state index in [2.05, 4.69) is 9.97 Å². The van der Waals surface area contributed by atoms with Crippen LogP contribution >= 0.6 is 0 Å². The van der Waals surface area contributed by atoms with Gasteiger partial charge in [0.15, 0.2) is 0 Å². The Morgan fingerprint density at radius 3 is 1.73 bits per heavy atom. The number of rotatable bonds is 11. The van der Waals surface area contributed by atoms with Gasteiger partial charge in [-0.15, -0.1) is 0 Å². The number of halogens is 2. The van der Waals surface area contributed by atoms with Crippen molar-refractivity contribution in [2.24, 2.45) is 0 Å². The monoisotopic (exact) mass is 459 g/mol. The fraction of sp³-hybridized carbons (Fsp3) is 0.333. The minimum Gasteiger partial charge on any atom is -0.497 e. The molecule has 0 bridgehead atoms. The number of aryl methyl sites for hydroxylation is 1. The summed E-state index contributed by atoms with van der Waals surface area (Å²) in [4.78, 5) is 11.0. The molecule has 3 rings (SSSR count). The molecule has 0 unspecified atom stereocenters. The summed E-state index contributed by atoms with van der Waals surface area (Å²) in [6.07, 6.45) is -2.62. The lowest BCUT2D eigenvalue weighted by atomic mass is 10.1. The molecule has 1 heterocycles. The molecule has 9 heteroatoms. The standard InChI is InChI=1S/C24H27F2N3O4/c1-16-22(33-15-21(25)26)23(32-4)28-24(27-16)29(13-17-5-9-19(30-2)10-6-17)14-18-7-11-20(31-3)12-8-18/h5-12,21H,13-15H2,1-4H3. The van der Waals surface area contributed by atoms with E-state index >= 15 is 0 Å². The second-order valence-electron chi connectivity index (χ2n) is 7.20. The third kappa shape index (κ3) is 6.44. The fourth-order valence-electron chi connectivity index (χ4n) is 3.21. The Morgan fingerprint density at radius 1 is 0.788 bits per heavy atom. The van der Waals surface area contributed by atoms with Crippen LogP contribution in [0.25, 0.3) is 0 Å². The van der Waals surface area contributed by atoms with Gasteiger partial charge in [0.2, 0.25) is 11.7 Å². The average molecular weight is 459 g/mol. The second-order valence-corrected chi connectivity index (χ2v) is 7.20. The highest BCUT2D eigenvalue weighted by Crippen LogP contribution is 2.31. The van der Waals surface area contributed by atoms with Gasteiger partial charge >= 0.3 is 0 Å². The molecule has 0 aliphatic rings. The maximum atomic E-state index is 12.7. The number of anilines is 1. The first-order valence-electron chi connectivity index (χ1n) is 10.3. The van der Waals surface area contributed by atoms with Gasteiger partial charge in [-0.2, -0.15) is 4.98 Å². The van der Waals surface area contributed by atoms with Crippen molar-refractivity contribution in [1.29, 1.82) is 0 Å². The van der Waals surface area contributed by atoms with Crippen LogP contribution in [0.4, 0.5) is 14.7 Å². The van der Waals surface area contributed by atoms with E-state index in [0.29, 0.717) is 24.7 Å². The van der Waals surface area contributed by atoms with E-state index in [1.165, 1.54) is 7.11 Å². The number of benzene rings is 2. The summed E-state index contributed by atoms with van der Waals surface area (Å²) in [5.74, 6) is 2.12. The smallest absolute Gasteiger partial charge is 0.272 e. The van der Waals surface area contributed by atoms with Gasteiger partial charge in [0.1, 0.15) is 18.1 Å². The number of aromatic nitrogens is 2. The highest BCUT2D eigenvalue weighted by molar-refractivity contribution is 5.46. The lowest BCUT2D eigenvalue weighted by Gasteiger charge is -2.24. The molecule has 0 amide bonds. The van der Waals surface area contributed by atoms with Gasteiger partial charge < -0.3 is 23.8 Å². The zero-order chi connectivity index (χ0) is 23.8. The molecule has 33 heavy (non-hydrogen) atoms. The van der Waals surface area contributed by atoms with Crippen LogP contribution in [0.2, 0.25) is 0 Å². The number of hydrogen-bond acceptors (Lipinski definition) is 7. The lowest BCUT2D eigenvalue weighted by Crippen LogP contribution is -2.25. The van der Waals surface area contributed by atoms with Crippen molar-refractivity contribution in [1.82, 2.24) is 9.97 Å². The van der Waals surface area contributed by atoms with E-state index in [1.807, 2.05) is 53.4 Å². The Morgan fingerprint density at radius 2 is 1.30 bits per heavy atom. The minimum absolute atomic E-state index is 0.104. The zero-order valence-electron chi connectivity index (χ0n) is 19.0. The molecule has 0 aliphatic carbocycles. The molecule has 0 saturated carbocycles. The van der Waals surface area contributed by atoms with Crippen molar-refractivity contribution < 1.29 is 27.7 Å². The molecular weight excluding hydrogens is 432 g/mol. The van der Waals surface area contributed by atoms with Crippen molar-refractivity contribution in [2.45, 2.75) is 26.4 Å². The third-order valence-electron chi connectivity index (χ3n) is 4.89. The normalized spacial score (nSPS) is 10.8. The largest absolute Gasteiger partial charge is 0.497 e. The first kappa shape index (κ1) is 24.0. The maximum absolute atomic E-state index is 12.7. The van der Waals surface area contributed by atoms with Crippen molar-refractivity contribution in [3.05, 3.63) is 65.4 Å². The summed E-state index contributed by atoms with van der Waals surface area (Å²) in [6, 6.07) is 15.4. The van der Waals surface area contributed by atoms with Gasteiger partial charge in [0.05, 0.1) is 27.0 Å². The van der Waals surface area contributed by atoms with E-state index in [1.54, 1.807) is 21.1 Å². The van der Waals surface area contributed by atoms with Crippen LogP contribution in [-0.4, -0.2) is 44.3 Å². The highest BCUT2D eigenvalue weighted by Gasteiger charge is 2.20. The lowest BCUT2D eigenvalue weighted by molar-refractivity contribution is 0.0794. The second kappa shape index (κ2) is 11.3. The molecular formula is C24H27F2N3O4. The number of alkyl halides is 2. The van der Waals surface area contributed by atoms with Gasteiger partial charge in [-0.1, -0.05) is 24.3 Å². The Kier molecular flexibility index (Phi) is 8.23. The molecule has 0 aliphatic heterocycles. The van der Waals surface area contributed by atoms with Crippen LogP contribution in [0.5, 0.6) is 23.1 Å². The highest BCUT2D eigenvalue weighted by atomic mass is 19.3. The van der Waals surface area contributed by atoms with E-state index in [4.69, 9.17) is 18.9 Å². The average Bonchev–Trinajstić information content (AvgIpc) is 2.83. The van der Waals surface area contributed by atoms with Gasteiger partial charge in [-0.3, -0.25) is 0 Å². The molecule has 3 aromatic rings. The quantitative estimate of drug-likeness (QED) is 0.413. The first-order chi connectivity index (χ1) is 15.9. The van der Waals surface area contributed by atoms with Gasteiger partial charge in [0.25, 0.3) is 12.3 Å². The SMILES string of the molecule is COc1ccc(CN(Cc2ccc(OC)cc2)c2nc(C)c(OCC(F)F)c(OC)n2)cc1. The maximum Gasteiger partial charge on any atom is 0.272 e. The predicted molar refractivity (Wildman–Crippen MR) is 121 cm³/mol. The summed E-state index contributed by atoms with van der Waals surface area (Å²) in [5, 5.41) is 0. The minimum atomic E-state index is -2.62. The van der Waals surface area contributed by atoms with Crippen LogP contribution in [0.15, 0.2) is 48.5 Å². The molecule has 0 atom stereocenters. The molecule has 0 N–H and O–H groups in total. The fourth-order valence-corrected chi connectivity index (χ4v) is 3.21. The number of hydrogen-bond donors (Lipinski definition) is 0. The van der Waals surface area contributed by atoms with Gasteiger partial charge in [0, 0.05) is 13.1 Å². The van der Waals surface area contributed by atoms with Gasteiger partial charge in [-0.05, 0) is 42.3 Å². The van der Waals surface area contributed by atoms with Crippen molar-refractivity contribution in [2.75, 3.05) is 32.8 Å². The number of ether oxygens (including phenoxy) is 4. The van der Waals surface area contributed by atoms with Crippen LogP contribution in [0.3, 0.4) is 0 Å². The molecule has 1 aromatic heterocycles. The third-order valence-corrected chi connectivity index (χ3v) is 4.89. The molecule has 2 aromatic carbocycles. The van der Waals surface area contributed by atoms with Crippen molar-refractivity contribution in [3.63, 3.8) is 0 Å². The number of methoxy groups -OCH3 is 3. The Labute approximate surface area is 191 Å². The van der Waals surface area contributed by atoms with E-state index in [0.717, 1.165) is 22.6 Å². The summed E-state index contributed by atoms with van der Waals surface area (Å²) < 4.78 is 46.3. The van der Waals surface area contributed by atoms with Crippen LogP contribution < -0.4 is 23.8 Å². The Hall–Kier alpha value is -3.62. The Bertz CT molecular complexity index is 982. The molecule has 0 saturated heterocycles.